The molecule has 0 atom stereocenters. The molecule has 0 amide bonds. The van der Waals surface area contributed by atoms with Crippen LogP contribution in [0.15, 0.2) is 50.7 Å². The topological polar surface area (TPSA) is 75.9 Å². The van der Waals surface area contributed by atoms with Crippen LogP contribution < -0.4 is 10.6 Å². The van der Waals surface area contributed by atoms with Gasteiger partial charge in [0.25, 0.3) is 0 Å². The van der Waals surface area contributed by atoms with Crippen molar-refractivity contribution in [2.24, 2.45) is 4.99 Å². The number of carbonyl (C=O) groups is 1. The van der Waals surface area contributed by atoms with Crippen molar-refractivity contribution in [2.45, 2.75) is 25.3 Å². The lowest BCUT2D eigenvalue weighted by atomic mass is 10.2. The third-order valence-corrected chi connectivity index (χ3v) is 4.53. The monoisotopic (exact) mass is 375 g/mol. The number of aliphatic imine (C=N–C) groups is 1. The second-order valence-electron chi connectivity index (χ2n) is 5.46. The second-order valence-corrected chi connectivity index (χ2v) is 6.63. The predicted molar refractivity (Wildman–Crippen MR) is 105 cm³/mol. The number of guanidine groups is 1. The first-order valence-electron chi connectivity index (χ1n) is 8.51. The van der Waals surface area contributed by atoms with Gasteiger partial charge in [0.05, 0.1) is 7.11 Å². The summed E-state index contributed by atoms with van der Waals surface area (Å²) in [4.78, 5) is 17.4. The molecule has 0 unspecified atom stereocenters. The number of hydrogen-bond donors (Lipinski definition) is 2. The highest BCUT2D eigenvalue weighted by Crippen LogP contribution is 2.17. The van der Waals surface area contributed by atoms with Crippen molar-refractivity contribution < 1.29 is 13.9 Å². The van der Waals surface area contributed by atoms with Crippen molar-refractivity contribution in [3.8, 4) is 0 Å². The van der Waals surface area contributed by atoms with E-state index in [1.54, 1.807) is 24.8 Å². The number of hydrogen-bond acceptors (Lipinski definition) is 5. The lowest BCUT2D eigenvalue weighted by Crippen LogP contribution is -2.38. The third kappa shape index (κ3) is 6.15. The van der Waals surface area contributed by atoms with E-state index in [1.807, 2.05) is 25.1 Å². The van der Waals surface area contributed by atoms with Gasteiger partial charge in [0, 0.05) is 23.7 Å². The molecule has 0 bridgehead atoms. The van der Waals surface area contributed by atoms with Crippen LogP contribution in [0.1, 0.15) is 28.8 Å². The molecule has 0 radical (unpaired) electrons. The summed E-state index contributed by atoms with van der Waals surface area (Å²) in [6.45, 7) is 5.66. The molecule has 1 aromatic carbocycles. The molecule has 7 heteroatoms. The van der Waals surface area contributed by atoms with E-state index in [0.29, 0.717) is 23.6 Å². The van der Waals surface area contributed by atoms with Crippen LogP contribution in [0.3, 0.4) is 0 Å². The Bertz CT molecular complexity index is 729. The number of furan rings is 1. The zero-order valence-corrected chi connectivity index (χ0v) is 16.2. The van der Waals surface area contributed by atoms with Crippen LogP contribution >= 0.6 is 11.8 Å². The van der Waals surface area contributed by atoms with E-state index in [2.05, 4.69) is 27.8 Å². The highest BCUT2D eigenvalue weighted by Gasteiger charge is 2.15. The van der Waals surface area contributed by atoms with Gasteiger partial charge in [-0.1, -0.05) is 18.2 Å². The van der Waals surface area contributed by atoms with Gasteiger partial charge >= 0.3 is 5.97 Å². The summed E-state index contributed by atoms with van der Waals surface area (Å²) in [5.74, 6) is 2.41. The maximum Gasteiger partial charge on any atom is 0.341 e. The van der Waals surface area contributed by atoms with Gasteiger partial charge < -0.3 is 19.8 Å². The van der Waals surface area contributed by atoms with Crippen LogP contribution in [0.5, 0.6) is 0 Å². The van der Waals surface area contributed by atoms with Crippen molar-refractivity contribution in [3.05, 3.63) is 53.5 Å². The number of rotatable bonds is 8. The molecule has 140 valence electrons. The van der Waals surface area contributed by atoms with Crippen molar-refractivity contribution in [2.75, 3.05) is 26.0 Å². The number of nitrogens with zero attached hydrogens (tertiary/aromatic N) is 1. The van der Waals surface area contributed by atoms with E-state index < -0.39 is 5.97 Å². The average molecular weight is 375 g/mol. The molecular weight excluding hydrogens is 350 g/mol. The lowest BCUT2D eigenvalue weighted by Gasteiger charge is -2.10. The molecule has 6 nitrogen and oxygen atoms in total. The van der Waals surface area contributed by atoms with Gasteiger partial charge in [-0.2, -0.15) is 0 Å². The highest BCUT2D eigenvalue weighted by molar-refractivity contribution is 7.99. The predicted octanol–water partition coefficient (Wildman–Crippen LogP) is 3.22. The van der Waals surface area contributed by atoms with E-state index in [9.17, 15) is 4.79 Å². The Morgan fingerprint density at radius 2 is 2.04 bits per heavy atom. The Kier molecular flexibility index (Phi) is 8.08. The fraction of sp³-hybridized carbons (Fsp3) is 0.368. The fourth-order valence-electron chi connectivity index (χ4n) is 2.29. The van der Waals surface area contributed by atoms with E-state index in [0.717, 1.165) is 24.8 Å². The number of esters is 1. The first kappa shape index (κ1) is 19.9. The Balaban J connectivity index is 1.87. The molecule has 2 N–H and O–H groups in total. The maximum absolute atomic E-state index is 11.6. The van der Waals surface area contributed by atoms with E-state index in [4.69, 9.17) is 9.15 Å². The van der Waals surface area contributed by atoms with Crippen molar-refractivity contribution in [1.29, 1.82) is 0 Å². The van der Waals surface area contributed by atoms with Crippen LogP contribution in [-0.2, 0) is 11.3 Å². The molecule has 0 spiro atoms. The van der Waals surface area contributed by atoms with Crippen LogP contribution in [0.4, 0.5) is 0 Å². The normalized spacial score (nSPS) is 11.3. The number of nitrogens with one attached hydrogen (secondary N) is 2. The van der Waals surface area contributed by atoms with E-state index in [-0.39, 0.29) is 0 Å². The standard InChI is InChI=1S/C19H25N3O3S/c1-4-20-19(21-10-11-26-16-8-6-5-7-9-16)22-13-15-12-17(14(2)25-15)18(23)24-3/h5-9,12H,4,10-11,13H2,1-3H3,(H2,20,21,22). The number of aryl methyl sites for hydroxylation is 1. The zero-order valence-electron chi connectivity index (χ0n) is 15.4. The van der Waals surface area contributed by atoms with Gasteiger partial charge in [-0.15, -0.1) is 11.8 Å². The number of methoxy groups -OCH3 is 1. The second kappa shape index (κ2) is 10.6. The van der Waals surface area contributed by atoms with Gasteiger partial charge in [0.1, 0.15) is 23.6 Å². The maximum atomic E-state index is 11.6. The molecule has 26 heavy (non-hydrogen) atoms. The summed E-state index contributed by atoms with van der Waals surface area (Å²) >= 11 is 1.79. The molecule has 0 fully saturated rings. The molecule has 1 aromatic heterocycles. The minimum Gasteiger partial charge on any atom is -0.465 e. The zero-order chi connectivity index (χ0) is 18.8. The summed E-state index contributed by atoms with van der Waals surface area (Å²) in [5.41, 5.74) is 0.440. The fourth-order valence-corrected chi connectivity index (χ4v) is 3.08. The van der Waals surface area contributed by atoms with Gasteiger partial charge in [-0.3, -0.25) is 0 Å². The minimum atomic E-state index is -0.399. The molecule has 0 aliphatic rings. The summed E-state index contributed by atoms with van der Waals surface area (Å²) in [5, 5.41) is 6.50. The van der Waals surface area contributed by atoms with Crippen LogP contribution in [0.25, 0.3) is 0 Å². The highest BCUT2D eigenvalue weighted by atomic mass is 32.2. The third-order valence-electron chi connectivity index (χ3n) is 3.52. The molecule has 2 rings (SSSR count). The van der Waals surface area contributed by atoms with E-state index >= 15 is 0 Å². The van der Waals surface area contributed by atoms with Gasteiger partial charge in [-0.05, 0) is 32.0 Å². The van der Waals surface area contributed by atoms with Crippen molar-refractivity contribution >= 4 is 23.7 Å². The Hall–Kier alpha value is -2.41. The Morgan fingerprint density at radius 3 is 2.73 bits per heavy atom. The largest absolute Gasteiger partial charge is 0.465 e. The van der Waals surface area contributed by atoms with Crippen LogP contribution in [0, 0.1) is 6.92 Å². The Labute approximate surface area is 158 Å². The van der Waals surface area contributed by atoms with Crippen molar-refractivity contribution in [3.63, 3.8) is 0 Å². The molecule has 2 aromatic rings. The van der Waals surface area contributed by atoms with Gasteiger partial charge in [0.15, 0.2) is 5.96 Å². The summed E-state index contributed by atoms with van der Waals surface area (Å²) in [6.07, 6.45) is 0. The summed E-state index contributed by atoms with van der Waals surface area (Å²) in [6, 6.07) is 12.0. The molecule has 0 aliphatic carbocycles. The average Bonchev–Trinajstić information content (AvgIpc) is 3.04. The first-order chi connectivity index (χ1) is 12.6. The number of benzene rings is 1. The van der Waals surface area contributed by atoms with Crippen LogP contribution in [0.2, 0.25) is 0 Å². The molecule has 1 heterocycles. The minimum absolute atomic E-state index is 0.346. The molecule has 0 saturated heterocycles. The van der Waals surface area contributed by atoms with Crippen molar-refractivity contribution in [1.82, 2.24) is 10.6 Å². The van der Waals surface area contributed by atoms with Crippen LogP contribution in [-0.4, -0.2) is 37.9 Å². The first-order valence-corrected chi connectivity index (χ1v) is 9.50. The molecule has 0 aliphatic heterocycles. The number of ether oxygens (including phenoxy) is 1. The number of thioether (sulfide) groups is 1. The van der Waals surface area contributed by atoms with E-state index in [1.165, 1.54) is 12.0 Å². The Morgan fingerprint density at radius 1 is 1.27 bits per heavy atom. The summed E-state index contributed by atoms with van der Waals surface area (Å²) in [7, 11) is 1.35. The lowest BCUT2D eigenvalue weighted by molar-refractivity contribution is 0.0599. The molecular formula is C19H25N3O3S. The number of carbonyl (C=O) groups excluding carboxylic acids is 1. The SMILES string of the molecule is CCNC(=NCc1cc(C(=O)OC)c(C)o1)NCCSc1ccccc1. The smallest absolute Gasteiger partial charge is 0.341 e. The summed E-state index contributed by atoms with van der Waals surface area (Å²) < 4.78 is 10.3. The van der Waals surface area contributed by atoms with Gasteiger partial charge in [0.2, 0.25) is 0 Å². The quantitative estimate of drug-likeness (QED) is 0.243. The van der Waals surface area contributed by atoms with Gasteiger partial charge in [-0.25, -0.2) is 9.79 Å². The molecule has 0 saturated carbocycles.